The Morgan fingerprint density at radius 3 is 2.12 bits per heavy atom. The van der Waals surface area contributed by atoms with Crippen LogP contribution in [0.4, 0.5) is 4.39 Å². The van der Waals surface area contributed by atoms with E-state index in [2.05, 4.69) is 0 Å². The van der Waals surface area contributed by atoms with Gasteiger partial charge in [0.25, 0.3) is 0 Å². The zero-order valence-electron chi connectivity index (χ0n) is 5.70. The Kier molecular flexibility index (Phi) is 2.98. The van der Waals surface area contributed by atoms with Crippen molar-refractivity contribution in [1.82, 2.24) is 0 Å². The summed E-state index contributed by atoms with van der Waals surface area (Å²) >= 11 is 0. The standard InChI is InChI=1S/C6H13FO/c1-4-5-8-6(2,3)7/h4-5H2,1-3H3. The molecule has 0 aliphatic heterocycles. The van der Waals surface area contributed by atoms with Gasteiger partial charge in [-0.25, -0.2) is 4.39 Å². The average Bonchev–Trinajstić information content (AvgIpc) is 1.59. The molecule has 0 aromatic heterocycles. The second-order valence-electron chi connectivity index (χ2n) is 2.21. The Hall–Kier alpha value is -0.110. The van der Waals surface area contributed by atoms with Crippen LogP contribution < -0.4 is 0 Å². The van der Waals surface area contributed by atoms with Gasteiger partial charge in [0.15, 0.2) is 0 Å². The van der Waals surface area contributed by atoms with E-state index in [0.29, 0.717) is 6.61 Å². The van der Waals surface area contributed by atoms with Gasteiger partial charge in [-0.05, 0) is 20.3 Å². The molecule has 0 aromatic carbocycles. The van der Waals surface area contributed by atoms with Crippen LogP contribution in [-0.4, -0.2) is 12.5 Å². The molecule has 50 valence electrons. The Bertz CT molecular complexity index is 56.0. The molecule has 0 rings (SSSR count). The van der Waals surface area contributed by atoms with Crippen LogP contribution in [0.3, 0.4) is 0 Å². The van der Waals surface area contributed by atoms with Gasteiger partial charge >= 0.3 is 0 Å². The van der Waals surface area contributed by atoms with Crippen LogP contribution in [0.15, 0.2) is 0 Å². The quantitative estimate of drug-likeness (QED) is 0.554. The smallest absolute Gasteiger partial charge is 0.203 e. The van der Waals surface area contributed by atoms with Crippen molar-refractivity contribution in [3.8, 4) is 0 Å². The first-order valence-electron chi connectivity index (χ1n) is 2.89. The number of halogens is 1. The molecule has 0 amide bonds. The number of ether oxygens (including phenoxy) is 1. The minimum absolute atomic E-state index is 0.503. The van der Waals surface area contributed by atoms with Crippen LogP contribution in [0.25, 0.3) is 0 Å². The van der Waals surface area contributed by atoms with E-state index in [4.69, 9.17) is 4.74 Å². The summed E-state index contributed by atoms with van der Waals surface area (Å²) in [6.45, 7) is 5.26. The molecule has 0 aromatic rings. The molecule has 0 spiro atoms. The highest BCUT2D eigenvalue weighted by Gasteiger charge is 2.13. The Balaban J connectivity index is 3.11. The first-order valence-corrected chi connectivity index (χ1v) is 2.89. The van der Waals surface area contributed by atoms with Gasteiger partial charge in [0.1, 0.15) is 0 Å². The highest BCUT2D eigenvalue weighted by atomic mass is 19.2. The average molecular weight is 120 g/mol. The first kappa shape index (κ1) is 7.89. The summed E-state index contributed by atoms with van der Waals surface area (Å²) in [6.07, 6.45) is 0.868. The minimum Gasteiger partial charge on any atom is -0.346 e. The third-order valence-corrected chi connectivity index (χ3v) is 0.649. The van der Waals surface area contributed by atoms with Crippen molar-refractivity contribution in [1.29, 1.82) is 0 Å². The van der Waals surface area contributed by atoms with E-state index in [1.807, 2.05) is 6.92 Å². The molecule has 0 aliphatic carbocycles. The summed E-state index contributed by atoms with van der Waals surface area (Å²) in [6, 6.07) is 0. The summed E-state index contributed by atoms with van der Waals surface area (Å²) in [5.74, 6) is -1.45. The van der Waals surface area contributed by atoms with Crippen LogP contribution in [0.2, 0.25) is 0 Å². The molecule has 0 fully saturated rings. The Labute approximate surface area is 49.8 Å². The molecular formula is C6H13FO. The van der Waals surface area contributed by atoms with Gasteiger partial charge in [-0.15, -0.1) is 0 Å². The molecule has 2 heteroatoms. The molecule has 0 saturated carbocycles. The third-order valence-electron chi connectivity index (χ3n) is 0.649. The van der Waals surface area contributed by atoms with E-state index in [-0.39, 0.29) is 0 Å². The molecule has 0 unspecified atom stereocenters. The summed E-state index contributed by atoms with van der Waals surface area (Å²) in [7, 11) is 0. The summed E-state index contributed by atoms with van der Waals surface area (Å²) in [5, 5.41) is 0. The van der Waals surface area contributed by atoms with Gasteiger partial charge < -0.3 is 4.74 Å². The van der Waals surface area contributed by atoms with Crippen molar-refractivity contribution in [2.75, 3.05) is 6.61 Å². The Morgan fingerprint density at radius 2 is 2.00 bits per heavy atom. The fourth-order valence-electron chi connectivity index (χ4n) is 0.345. The molecule has 1 nitrogen and oxygen atoms in total. The predicted octanol–water partition coefficient (Wildman–Crippen LogP) is 2.12. The predicted molar refractivity (Wildman–Crippen MR) is 31.4 cm³/mol. The van der Waals surface area contributed by atoms with Crippen LogP contribution in [0, 0.1) is 0 Å². The Morgan fingerprint density at radius 1 is 1.50 bits per heavy atom. The van der Waals surface area contributed by atoms with Crippen LogP contribution in [0.5, 0.6) is 0 Å². The monoisotopic (exact) mass is 120 g/mol. The molecule has 0 N–H and O–H groups in total. The van der Waals surface area contributed by atoms with Crippen molar-refractivity contribution in [2.45, 2.75) is 33.0 Å². The van der Waals surface area contributed by atoms with Crippen molar-refractivity contribution in [2.24, 2.45) is 0 Å². The van der Waals surface area contributed by atoms with Crippen molar-refractivity contribution in [3.63, 3.8) is 0 Å². The van der Waals surface area contributed by atoms with Crippen LogP contribution in [0.1, 0.15) is 27.2 Å². The maximum atomic E-state index is 12.4. The van der Waals surface area contributed by atoms with E-state index < -0.39 is 5.85 Å². The first-order chi connectivity index (χ1) is 3.56. The van der Waals surface area contributed by atoms with Gasteiger partial charge in [-0.2, -0.15) is 0 Å². The van der Waals surface area contributed by atoms with Gasteiger partial charge in [-0.1, -0.05) is 6.92 Å². The van der Waals surface area contributed by atoms with Crippen molar-refractivity contribution < 1.29 is 9.13 Å². The lowest BCUT2D eigenvalue weighted by Crippen LogP contribution is -2.17. The summed E-state index contributed by atoms with van der Waals surface area (Å²) < 4.78 is 17.1. The fraction of sp³-hybridized carbons (Fsp3) is 1.00. The number of hydrogen-bond acceptors (Lipinski definition) is 1. The van der Waals surface area contributed by atoms with E-state index in [9.17, 15) is 4.39 Å². The summed E-state index contributed by atoms with van der Waals surface area (Å²) in [4.78, 5) is 0. The lowest BCUT2D eigenvalue weighted by molar-refractivity contribution is -0.115. The molecule has 0 radical (unpaired) electrons. The van der Waals surface area contributed by atoms with E-state index >= 15 is 0 Å². The largest absolute Gasteiger partial charge is 0.346 e. The SMILES string of the molecule is CCCOC(C)(C)F. The number of alkyl halides is 1. The maximum Gasteiger partial charge on any atom is 0.203 e. The van der Waals surface area contributed by atoms with Gasteiger partial charge in [0.2, 0.25) is 5.85 Å². The lowest BCUT2D eigenvalue weighted by Gasteiger charge is -2.13. The van der Waals surface area contributed by atoms with Crippen molar-refractivity contribution >= 4 is 0 Å². The molecule has 0 bridgehead atoms. The van der Waals surface area contributed by atoms with E-state index in [0.717, 1.165) is 6.42 Å². The van der Waals surface area contributed by atoms with E-state index in [1.165, 1.54) is 13.8 Å². The highest BCUT2D eigenvalue weighted by molar-refractivity contribution is 4.47. The molecule has 0 aliphatic rings. The second kappa shape index (κ2) is 3.02. The molecule has 8 heavy (non-hydrogen) atoms. The zero-order chi connectivity index (χ0) is 6.62. The van der Waals surface area contributed by atoms with Crippen LogP contribution in [-0.2, 0) is 4.74 Å². The molecule has 0 saturated heterocycles. The second-order valence-corrected chi connectivity index (χ2v) is 2.21. The van der Waals surface area contributed by atoms with Gasteiger partial charge in [-0.3, -0.25) is 0 Å². The number of rotatable bonds is 3. The normalized spacial score (nSPS) is 12.0. The van der Waals surface area contributed by atoms with Gasteiger partial charge in [0, 0.05) is 0 Å². The zero-order valence-corrected chi connectivity index (χ0v) is 5.70. The van der Waals surface area contributed by atoms with Gasteiger partial charge in [0.05, 0.1) is 6.61 Å². The van der Waals surface area contributed by atoms with Crippen LogP contribution >= 0.6 is 0 Å². The topological polar surface area (TPSA) is 9.23 Å². The summed E-state index contributed by atoms with van der Waals surface area (Å²) in [5.41, 5.74) is 0. The minimum atomic E-state index is -1.45. The molecule has 0 atom stereocenters. The van der Waals surface area contributed by atoms with E-state index in [1.54, 1.807) is 0 Å². The lowest BCUT2D eigenvalue weighted by atomic mass is 10.4. The van der Waals surface area contributed by atoms with Crippen molar-refractivity contribution in [3.05, 3.63) is 0 Å². The third kappa shape index (κ3) is 5.89. The highest BCUT2D eigenvalue weighted by Crippen LogP contribution is 2.09. The fourth-order valence-corrected chi connectivity index (χ4v) is 0.345. The number of hydrogen-bond donors (Lipinski definition) is 0. The molecular weight excluding hydrogens is 107 g/mol. The molecule has 0 heterocycles. The maximum absolute atomic E-state index is 12.4.